The third kappa shape index (κ3) is 2.32. The van der Waals surface area contributed by atoms with E-state index in [1.807, 2.05) is 0 Å². The Morgan fingerprint density at radius 3 is 2.73 bits per heavy atom. The van der Waals surface area contributed by atoms with Crippen LogP contribution in [0, 0.1) is 5.92 Å². The lowest BCUT2D eigenvalue weighted by Crippen LogP contribution is -2.30. The Morgan fingerprint density at radius 2 is 2.36 bits per heavy atom. The number of nitrogens with two attached hydrogens (primary N) is 1. The van der Waals surface area contributed by atoms with Crippen molar-refractivity contribution < 1.29 is 14.6 Å². The highest BCUT2D eigenvalue weighted by atomic mass is 35.5. The van der Waals surface area contributed by atoms with E-state index in [0.717, 1.165) is 0 Å². The summed E-state index contributed by atoms with van der Waals surface area (Å²) in [6.07, 6.45) is 0.328. The van der Waals surface area contributed by atoms with Crippen LogP contribution in [0.4, 0.5) is 0 Å². The van der Waals surface area contributed by atoms with Crippen LogP contribution in [0.15, 0.2) is 0 Å². The molecule has 2 atom stereocenters. The third-order valence-corrected chi connectivity index (χ3v) is 1.76. The van der Waals surface area contributed by atoms with Gasteiger partial charge >= 0.3 is 5.97 Å². The predicted molar refractivity (Wildman–Crippen MR) is 41.8 cm³/mol. The standard InChI is InChI=1S/C6H11NO3.ClH/c7-3-5-4(6(8)9)1-2-10-5;/h4-5H,1-3,7H2,(H,8,9);1H. The molecular weight excluding hydrogens is 170 g/mol. The minimum Gasteiger partial charge on any atom is -0.481 e. The van der Waals surface area contributed by atoms with Crippen molar-refractivity contribution in [2.75, 3.05) is 13.2 Å². The van der Waals surface area contributed by atoms with Crippen LogP contribution in [-0.4, -0.2) is 30.3 Å². The predicted octanol–water partition coefficient (Wildman–Crippen LogP) is -0.143. The molecule has 5 heteroatoms. The minimum atomic E-state index is -0.798. The van der Waals surface area contributed by atoms with Crippen LogP contribution >= 0.6 is 12.4 Å². The summed E-state index contributed by atoms with van der Waals surface area (Å²) in [4.78, 5) is 10.4. The SMILES string of the molecule is Cl.NCC1OCCC1C(=O)O. The highest BCUT2D eigenvalue weighted by molar-refractivity contribution is 5.85. The molecule has 66 valence electrons. The lowest BCUT2D eigenvalue weighted by molar-refractivity contribution is -0.143. The normalized spacial score (nSPS) is 29.5. The first-order valence-corrected chi connectivity index (χ1v) is 3.30. The van der Waals surface area contributed by atoms with Gasteiger partial charge in [-0.1, -0.05) is 0 Å². The molecule has 4 nitrogen and oxygen atoms in total. The zero-order chi connectivity index (χ0) is 7.56. The van der Waals surface area contributed by atoms with E-state index in [1.165, 1.54) is 0 Å². The second-order valence-electron chi connectivity index (χ2n) is 2.38. The molecule has 1 heterocycles. The maximum absolute atomic E-state index is 10.4. The lowest BCUT2D eigenvalue weighted by Gasteiger charge is -2.10. The molecule has 0 aromatic carbocycles. The van der Waals surface area contributed by atoms with Gasteiger partial charge in [-0.3, -0.25) is 4.79 Å². The second kappa shape index (κ2) is 4.54. The van der Waals surface area contributed by atoms with Gasteiger partial charge in [0.15, 0.2) is 0 Å². The van der Waals surface area contributed by atoms with E-state index < -0.39 is 5.97 Å². The molecule has 0 aromatic rings. The fourth-order valence-electron chi connectivity index (χ4n) is 1.16. The number of carboxylic acids is 1. The Bertz CT molecular complexity index is 142. The van der Waals surface area contributed by atoms with Gasteiger partial charge in [-0.25, -0.2) is 0 Å². The Hall–Kier alpha value is -0.320. The number of carboxylic acid groups (broad SMARTS) is 1. The highest BCUT2D eigenvalue weighted by Gasteiger charge is 2.32. The zero-order valence-corrected chi connectivity index (χ0v) is 6.84. The van der Waals surface area contributed by atoms with Gasteiger partial charge in [0, 0.05) is 13.2 Å². The largest absolute Gasteiger partial charge is 0.481 e. The first-order chi connectivity index (χ1) is 4.75. The summed E-state index contributed by atoms with van der Waals surface area (Å²) in [6.45, 7) is 0.829. The van der Waals surface area contributed by atoms with Crippen LogP contribution in [-0.2, 0) is 9.53 Å². The van der Waals surface area contributed by atoms with E-state index in [9.17, 15) is 4.79 Å². The number of ether oxygens (including phenoxy) is 1. The minimum absolute atomic E-state index is 0. The molecule has 0 radical (unpaired) electrons. The van der Waals surface area contributed by atoms with Crippen molar-refractivity contribution in [2.24, 2.45) is 11.7 Å². The molecule has 1 aliphatic heterocycles. The van der Waals surface area contributed by atoms with Crippen LogP contribution in [0.5, 0.6) is 0 Å². The Labute approximate surface area is 71.1 Å². The molecule has 1 rings (SSSR count). The monoisotopic (exact) mass is 181 g/mol. The summed E-state index contributed by atoms with van der Waals surface area (Å²) in [7, 11) is 0. The van der Waals surface area contributed by atoms with E-state index in [4.69, 9.17) is 15.6 Å². The molecule has 0 bridgehead atoms. The van der Waals surface area contributed by atoms with E-state index in [0.29, 0.717) is 19.6 Å². The fourth-order valence-corrected chi connectivity index (χ4v) is 1.16. The zero-order valence-electron chi connectivity index (χ0n) is 6.03. The van der Waals surface area contributed by atoms with Gasteiger partial charge < -0.3 is 15.6 Å². The number of rotatable bonds is 2. The molecule has 1 saturated heterocycles. The molecule has 0 saturated carbocycles. The lowest BCUT2D eigenvalue weighted by atomic mass is 10.0. The summed E-state index contributed by atoms with van der Waals surface area (Å²) < 4.78 is 5.07. The van der Waals surface area contributed by atoms with Crippen molar-refractivity contribution in [2.45, 2.75) is 12.5 Å². The van der Waals surface area contributed by atoms with Gasteiger partial charge in [0.25, 0.3) is 0 Å². The van der Waals surface area contributed by atoms with Crippen molar-refractivity contribution in [3.05, 3.63) is 0 Å². The number of hydrogen-bond acceptors (Lipinski definition) is 3. The average Bonchev–Trinajstić information content (AvgIpc) is 2.33. The summed E-state index contributed by atoms with van der Waals surface area (Å²) in [5.74, 6) is -1.18. The van der Waals surface area contributed by atoms with Crippen LogP contribution in [0.2, 0.25) is 0 Å². The maximum Gasteiger partial charge on any atom is 0.309 e. The topological polar surface area (TPSA) is 72.5 Å². The average molecular weight is 182 g/mol. The first kappa shape index (κ1) is 10.7. The molecule has 11 heavy (non-hydrogen) atoms. The fraction of sp³-hybridized carbons (Fsp3) is 0.833. The van der Waals surface area contributed by atoms with Gasteiger partial charge in [0.05, 0.1) is 12.0 Å². The molecule has 0 spiro atoms. The van der Waals surface area contributed by atoms with Crippen LogP contribution in [0.1, 0.15) is 6.42 Å². The summed E-state index contributed by atoms with van der Waals surface area (Å²) in [6, 6.07) is 0. The van der Waals surface area contributed by atoms with Crippen molar-refractivity contribution in [3.63, 3.8) is 0 Å². The molecule has 2 unspecified atom stereocenters. The summed E-state index contributed by atoms with van der Waals surface area (Å²) in [5, 5.41) is 8.58. The molecular formula is C6H12ClNO3. The van der Waals surface area contributed by atoms with Gasteiger partial charge in [0.1, 0.15) is 0 Å². The number of carbonyl (C=O) groups is 1. The molecule has 0 aromatic heterocycles. The van der Waals surface area contributed by atoms with E-state index in [1.54, 1.807) is 0 Å². The van der Waals surface area contributed by atoms with Crippen LogP contribution in [0.25, 0.3) is 0 Å². The molecule has 1 fully saturated rings. The number of halogens is 1. The summed E-state index contributed by atoms with van der Waals surface area (Å²) >= 11 is 0. The second-order valence-corrected chi connectivity index (χ2v) is 2.38. The van der Waals surface area contributed by atoms with Crippen LogP contribution in [0.3, 0.4) is 0 Å². The van der Waals surface area contributed by atoms with Gasteiger partial charge in [-0.05, 0) is 6.42 Å². The first-order valence-electron chi connectivity index (χ1n) is 3.30. The van der Waals surface area contributed by atoms with Crippen LogP contribution < -0.4 is 5.73 Å². The molecule has 1 aliphatic rings. The van der Waals surface area contributed by atoms with Crippen molar-refractivity contribution >= 4 is 18.4 Å². The van der Waals surface area contributed by atoms with Gasteiger partial charge in [-0.15, -0.1) is 12.4 Å². The van der Waals surface area contributed by atoms with E-state index >= 15 is 0 Å². The number of hydrogen-bond donors (Lipinski definition) is 2. The molecule has 0 amide bonds. The quantitative estimate of drug-likeness (QED) is 0.622. The smallest absolute Gasteiger partial charge is 0.309 e. The highest BCUT2D eigenvalue weighted by Crippen LogP contribution is 2.19. The van der Waals surface area contributed by atoms with Crippen molar-refractivity contribution in [3.8, 4) is 0 Å². The maximum atomic E-state index is 10.4. The Balaban J connectivity index is 0.000001000. The van der Waals surface area contributed by atoms with E-state index in [2.05, 4.69) is 0 Å². The Kier molecular flexibility index (Phi) is 4.40. The molecule has 3 N–H and O–H groups in total. The van der Waals surface area contributed by atoms with Crippen molar-refractivity contribution in [1.82, 2.24) is 0 Å². The van der Waals surface area contributed by atoms with Crippen molar-refractivity contribution in [1.29, 1.82) is 0 Å². The summed E-state index contributed by atoms with van der Waals surface area (Å²) in [5.41, 5.74) is 5.27. The Morgan fingerprint density at radius 1 is 1.73 bits per heavy atom. The van der Waals surface area contributed by atoms with E-state index in [-0.39, 0.29) is 24.4 Å². The third-order valence-electron chi connectivity index (χ3n) is 1.76. The number of aliphatic carboxylic acids is 1. The van der Waals surface area contributed by atoms with Gasteiger partial charge in [-0.2, -0.15) is 0 Å². The molecule has 0 aliphatic carbocycles. The van der Waals surface area contributed by atoms with Gasteiger partial charge in [0.2, 0.25) is 0 Å².